The first-order chi connectivity index (χ1) is 6.69. The van der Waals surface area contributed by atoms with Gasteiger partial charge in [-0.1, -0.05) is 5.92 Å². The van der Waals surface area contributed by atoms with Crippen LogP contribution >= 0.6 is 22.6 Å². The van der Waals surface area contributed by atoms with Gasteiger partial charge in [0.25, 0.3) is 0 Å². The SMILES string of the molecule is COc1ccc(C#CI)cc1C(=O)O. The fraction of sp³-hybridized carbons (Fsp3) is 0.100. The average Bonchev–Trinajstić information content (AvgIpc) is 2.18. The molecule has 0 spiro atoms. The molecule has 4 heteroatoms. The van der Waals surface area contributed by atoms with Crippen molar-refractivity contribution >= 4 is 28.6 Å². The Morgan fingerprint density at radius 3 is 2.79 bits per heavy atom. The Hall–Kier alpha value is -1.22. The number of ether oxygens (including phenoxy) is 1. The van der Waals surface area contributed by atoms with Crippen LogP contribution < -0.4 is 4.74 Å². The van der Waals surface area contributed by atoms with E-state index in [4.69, 9.17) is 9.84 Å². The van der Waals surface area contributed by atoms with Crippen LogP contribution in [0.15, 0.2) is 18.2 Å². The molecule has 0 aromatic heterocycles. The summed E-state index contributed by atoms with van der Waals surface area (Å²) < 4.78 is 7.58. The van der Waals surface area contributed by atoms with Crippen LogP contribution in [0, 0.1) is 9.85 Å². The molecule has 0 fully saturated rings. The normalized spacial score (nSPS) is 8.71. The first kappa shape index (κ1) is 10.9. The zero-order valence-electron chi connectivity index (χ0n) is 7.37. The molecule has 0 saturated carbocycles. The minimum absolute atomic E-state index is 0.129. The van der Waals surface area contributed by atoms with Gasteiger partial charge < -0.3 is 9.84 Å². The molecule has 0 bridgehead atoms. The molecule has 0 aliphatic carbocycles. The van der Waals surface area contributed by atoms with Crippen LogP contribution in [0.2, 0.25) is 0 Å². The van der Waals surface area contributed by atoms with Crippen LogP contribution in [-0.2, 0) is 0 Å². The third kappa shape index (κ3) is 2.39. The highest BCUT2D eigenvalue weighted by atomic mass is 127. The first-order valence-corrected chi connectivity index (χ1v) is 4.80. The van der Waals surface area contributed by atoms with E-state index in [1.54, 1.807) is 12.1 Å². The number of methoxy groups -OCH3 is 1. The molecule has 0 unspecified atom stereocenters. The molecule has 0 saturated heterocycles. The van der Waals surface area contributed by atoms with Crippen LogP contribution in [0.25, 0.3) is 0 Å². The Morgan fingerprint density at radius 2 is 2.29 bits per heavy atom. The maximum Gasteiger partial charge on any atom is 0.339 e. The number of carboxylic acid groups (broad SMARTS) is 1. The molecule has 72 valence electrons. The number of hydrogen-bond donors (Lipinski definition) is 1. The van der Waals surface area contributed by atoms with Gasteiger partial charge in [-0.15, -0.1) is 0 Å². The topological polar surface area (TPSA) is 46.5 Å². The van der Waals surface area contributed by atoms with Crippen LogP contribution in [0.5, 0.6) is 5.75 Å². The number of benzene rings is 1. The lowest BCUT2D eigenvalue weighted by Gasteiger charge is -2.04. The van der Waals surface area contributed by atoms with Gasteiger partial charge in [0, 0.05) is 28.2 Å². The molecular formula is C10H7IO3. The quantitative estimate of drug-likeness (QED) is 0.672. The highest BCUT2D eigenvalue weighted by Gasteiger charge is 2.10. The fourth-order valence-corrected chi connectivity index (χ4v) is 1.32. The molecule has 0 aliphatic rings. The second-order valence-corrected chi connectivity index (χ2v) is 2.98. The molecule has 1 N–H and O–H groups in total. The van der Waals surface area contributed by atoms with Crippen molar-refractivity contribution in [2.24, 2.45) is 0 Å². The summed E-state index contributed by atoms with van der Waals surface area (Å²) in [5.41, 5.74) is 0.793. The van der Waals surface area contributed by atoms with Crippen molar-refractivity contribution in [2.75, 3.05) is 7.11 Å². The van der Waals surface area contributed by atoms with E-state index in [1.165, 1.54) is 13.2 Å². The maximum absolute atomic E-state index is 10.8. The predicted octanol–water partition coefficient (Wildman–Crippen LogP) is 2.14. The molecule has 1 aromatic rings. The van der Waals surface area contributed by atoms with E-state index < -0.39 is 5.97 Å². The van der Waals surface area contributed by atoms with E-state index in [1.807, 2.05) is 22.6 Å². The molecular weight excluding hydrogens is 295 g/mol. The second kappa shape index (κ2) is 4.86. The summed E-state index contributed by atoms with van der Waals surface area (Å²) in [6.07, 6.45) is 0. The Bertz CT molecular complexity index is 415. The molecule has 14 heavy (non-hydrogen) atoms. The minimum Gasteiger partial charge on any atom is -0.496 e. The third-order valence-electron chi connectivity index (χ3n) is 1.62. The van der Waals surface area contributed by atoms with Gasteiger partial charge in [-0.2, -0.15) is 0 Å². The highest BCUT2D eigenvalue weighted by Crippen LogP contribution is 2.19. The van der Waals surface area contributed by atoms with E-state index in [0.29, 0.717) is 11.3 Å². The van der Waals surface area contributed by atoms with Crippen molar-refractivity contribution in [2.45, 2.75) is 0 Å². The Balaban J connectivity index is 3.25. The van der Waals surface area contributed by atoms with Gasteiger partial charge in [0.05, 0.1) is 7.11 Å². The number of aromatic carboxylic acids is 1. The zero-order valence-corrected chi connectivity index (χ0v) is 9.53. The Labute approximate surface area is 95.2 Å². The summed E-state index contributed by atoms with van der Waals surface area (Å²) in [5.74, 6) is 2.10. The molecule has 0 radical (unpaired) electrons. The van der Waals surface area contributed by atoms with Crippen LogP contribution in [-0.4, -0.2) is 18.2 Å². The first-order valence-electron chi connectivity index (χ1n) is 3.72. The molecule has 3 nitrogen and oxygen atoms in total. The fourth-order valence-electron chi connectivity index (χ4n) is 1.01. The van der Waals surface area contributed by atoms with Gasteiger partial charge in [0.1, 0.15) is 11.3 Å². The van der Waals surface area contributed by atoms with E-state index in [0.717, 1.165) is 0 Å². The van der Waals surface area contributed by atoms with Crippen molar-refractivity contribution in [1.29, 1.82) is 0 Å². The molecule has 0 aliphatic heterocycles. The molecule has 0 heterocycles. The van der Waals surface area contributed by atoms with Gasteiger partial charge >= 0.3 is 5.97 Å². The van der Waals surface area contributed by atoms with Crippen LogP contribution in [0.1, 0.15) is 15.9 Å². The van der Waals surface area contributed by atoms with Crippen molar-refractivity contribution < 1.29 is 14.6 Å². The third-order valence-corrected chi connectivity index (χ3v) is 1.89. The number of carbonyl (C=O) groups is 1. The smallest absolute Gasteiger partial charge is 0.339 e. The lowest BCUT2D eigenvalue weighted by molar-refractivity contribution is 0.0693. The number of rotatable bonds is 2. The van der Waals surface area contributed by atoms with Gasteiger partial charge in [-0.25, -0.2) is 4.79 Å². The average molecular weight is 302 g/mol. The van der Waals surface area contributed by atoms with E-state index >= 15 is 0 Å². The van der Waals surface area contributed by atoms with Crippen LogP contribution in [0.4, 0.5) is 0 Å². The largest absolute Gasteiger partial charge is 0.496 e. The summed E-state index contributed by atoms with van der Waals surface area (Å²) >= 11 is 1.90. The highest BCUT2D eigenvalue weighted by molar-refractivity contribution is 14.1. The molecule has 1 rings (SSSR count). The summed E-state index contributed by atoms with van der Waals surface area (Å²) in [5, 5.41) is 8.86. The van der Waals surface area contributed by atoms with E-state index in [-0.39, 0.29) is 5.56 Å². The predicted molar refractivity (Wildman–Crippen MR) is 60.9 cm³/mol. The summed E-state index contributed by atoms with van der Waals surface area (Å²) in [4.78, 5) is 10.8. The van der Waals surface area contributed by atoms with Crippen molar-refractivity contribution in [3.05, 3.63) is 29.3 Å². The molecule has 0 amide bonds. The lowest BCUT2D eigenvalue weighted by atomic mass is 10.1. The standard InChI is InChI=1S/C10H7IO3/c1-14-9-3-2-7(4-5-11)6-8(9)10(12)13/h2-3,6H,1H3,(H,12,13). The summed E-state index contributed by atoms with van der Waals surface area (Å²) in [6, 6.07) is 4.81. The van der Waals surface area contributed by atoms with Gasteiger partial charge in [-0.05, 0) is 22.1 Å². The van der Waals surface area contributed by atoms with Crippen molar-refractivity contribution in [1.82, 2.24) is 0 Å². The summed E-state index contributed by atoms with van der Waals surface area (Å²) in [6.45, 7) is 0. The maximum atomic E-state index is 10.8. The van der Waals surface area contributed by atoms with Gasteiger partial charge in [-0.3, -0.25) is 0 Å². The molecule has 1 aromatic carbocycles. The number of hydrogen-bond acceptors (Lipinski definition) is 2. The lowest BCUT2D eigenvalue weighted by Crippen LogP contribution is -2.00. The van der Waals surface area contributed by atoms with Crippen molar-refractivity contribution in [3.8, 4) is 15.6 Å². The van der Waals surface area contributed by atoms with Crippen molar-refractivity contribution in [3.63, 3.8) is 0 Å². The van der Waals surface area contributed by atoms with Gasteiger partial charge in [0.15, 0.2) is 0 Å². The Kier molecular flexibility index (Phi) is 3.77. The summed E-state index contributed by atoms with van der Waals surface area (Å²) in [7, 11) is 1.44. The monoisotopic (exact) mass is 302 g/mol. The van der Waals surface area contributed by atoms with Crippen LogP contribution in [0.3, 0.4) is 0 Å². The Morgan fingerprint density at radius 1 is 1.57 bits per heavy atom. The number of halogens is 1. The van der Waals surface area contributed by atoms with E-state index in [2.05, 4.69) is 9.85 Å². The zero-order chi connectivity index (χ0) is 10.6. The minimum atomic E-state index is -1.01. The van der Waals surface area contributed by atoms with E-state index in [9.17, 15) is 4.79 Å². The second-order valence-electron chi connectivity index (χ2n) is 2.44. The van der Waals surface area contributed by atoms with Gasteiger partial charge in [0.2, 0.25) is 0 Å². The number of carboxylic acids is 1. The molecule has 0 atom stereocenters.